The molecule has 1 aromatic carbocycles. The third kappa shape index (κ3) is 2.76. The van der Waals surface area contributed by atoms with Crippen LogP contribution in [0.5, 0.6) is 0 Å². The van der Waals surface area contributed by atoms with Gasteiger partial charge in [0.15, 0.2) is 5.65 Å². The van der Waals surface area contributed by atoms with Crippen LogP contribution in [0.25, 0.3) is 5.65 Å². The number of carbonyl (C=O) groups excluding carboxylic acids is 2. The maximum Gasteiger partial charge on any atom is 0.235 e. The molecule has 0 saturated heterocycles. The second kappa shape index (κ2) is 5.72. The van der Waals surface area contributed by atoms with Crippen molar-refractivity contribution in [3.8, 4) is 0 Å². The number of pyridine rings is 1. The summed E-state index contributed by atoms with van der Waals surface area (Å²) in [5.74, 6) is 0.145. The minimum atomic E-state index is -0.200. The Morgan fingerprint density at radius 3 is 3.04 bits per heavy atom. The van der Waals surface area contributed by atoms with E-state index in [-0.39, 0.29) is 18.2 Å². The van der Waals surface area contributed by atoms with E-state index >= 15 is 0 Å². The molecule has 0 bridgehead atoms. The number of aromatic nitrogens is 3. The SMILES string of the molecule is O=C1Cc2ccc(CC(=O)Nc3nnc4ccc(Br)cn34)cc2N1. The Hall–Kier alpha value is -2.74. The smallest absolute Gasteiger partial charge is 0.235 e. The average molecular weight is 386 g/mol. The predicted octanol–water partition coefficient (Wildman–Crippen LogP) is 2.17. The minimum absolute atomic E-state index is 0.0212. The zero-order valence-corrected chi connectivity index (χ0v) is 14.0. The second-order valence-electron chi connectivity index (χ2n) is 5.54. The van der Waals surface area contributed by atoms with Gasteiger partial charge in [0.25, 0.3) is 0 Å². The molecule has 24 heavy (non-hydrogen) atoms. The van der Waals surface area contributed by atoms with Crippen molar-refractivity contribution in [2.24, 2.45) is 0 Å². The van der Waals surface area contributed by atoms with Crippen molar-refractivity contribution in [3.05, 3.63) is 52.1 Å². The van der Waals surface area contributed by atoms with Gasteiger partial charge in [-0.3, -0.25) is 19.3 Å². The van der Waals surface area contributed by atoms with Gasteiger partial charge in [-0.2, -0.15) is 0 Å². The molecule has 0 radical (unpaired) electrons. The fraction of sp³-hybridized carbons (Fsp3) is 0.125. The lowest BCUT2D eigenvalue weighted by atomic mass is 10.1. The van der Waals surface area contributed by atoms with Crippen LogP contribution in [0.2, 0.25) is 0 Å². The fourth-order valence-electron chi connectivity index (χ4n) is 2.68. The van der Waals surface area contributed by atoms with E-state index in [9.17, 15) is 9.59 Å². The first-order chi connectivity index (χ1) is 11.6. The Morgan fingerprint density at radius 1 is 1.29 bits per heavy atom. The van der Waals surface area contributed by atoms with Crippen LogP contribution in [0.15, 0.2) is 41.0 Å². The van der Waals surface area contributed by atoms with Crippen LogP contribution in [0.3, 0.4) is 0 Å². The normalized spacial score (nSPS) is 13.0. The number of benzene rings is 1. The van der Waals surface area contributed by atoms with E-state index in [0.717, 1.165) is 21.3 Å². The van der Waals surface area contributed by atoms with Crippen molar-refractivity contribution in [1.29, 1.82) is 0 Å². The van der Waals surface area contributed by atoms with Crippen LogP contribution < -0.4 is 10.6 Å². The van der Waals surface area contributed by atoms with Crippen molar-refractivity contribution in [2.75, 3.05) is 10.6 Å². The molecular weight excluding hydrogens is 374 g/mol. The number of amides is 2. The number of carbonyl (C=O) groups is 2. The largest absolute Gasteiger partial charge is 0.326 e. The summed E-state index contributed by atoms with van der Waals surface area (Å²) in [6.07, 6.45) is 2.37. The molecule has 0 atom stereocenters. The van der Waals surface area contributed by atoms with Gasteiger partial charge in [0.05, 0.1) is 12.8 Å². The number of rotatable bonds is 3. The molecule has 0 aliphatic carbocycles. The summed E-state index contributed by atoms with van der Waals surface area (Å²) < 4.78 is 2.56. The summed E-state index contributed by atoms with van der Waals surface area (Å²) in [5.41, 5.74) is 3.21. The van der Waals surface area contributed by atoms with E-state index in [1.807, 2.05) is 24.3 Å². The van der Waals surface area contributed by atoms with Crippen molar-refractivity contribution in [2.45, 2.75) is 12.8 Å². The summed E-state index contributed by atoms with van der Waals surface area (Å²) >= 11 is 3.38. The summed E-state index contributed by atoms with van der Waals surface area (Å²) in [6, 6.07) is 9.22. The lowest BCUT2D eigenvalue weighted by molar-refractivity contribution is -0.116. The molecule has 0 unspecified atom stereocenters. The van der Waals surface area contributed by atoms with Crippen molar-refractivity contribution < 1.29 is 9.59 Å². The molecule has 1 aliphatic rings. The average Bonchev–Trinajstić information content (AvgIpc) is 3.09. The minimum Gasteiger partial charge on any atom is -0.326 e. The molecule has 0 fully saturated rings. The van der Waals surface area contributed by atoms with E-state index < -0.39 is 0 Å². The summed E-state index contributed by atoms with van der Waals surface area (Å²) in [7, 11) is 0. The predicted molar refractivity (Wildman–Crippen MR) is 91.8 cm³/mol. The Morgan fingerprint density at radius 2 is 2.17 bits per heavy atom. The summed E-state index contributed by atoms with van der Waals surface area (Å²) in [4.78, 5) is 23.7. The number of fused-ring (bicyclic) bond motifs is 2. The van der Waals surface area contributed by atoms with Gasteiger partial charge >= 0.3 is 0 Å². The molecule has 3 heterocycles. The zero-order chi connectivity index (χ0) is 16.7. The van der Waals surface area contributed by atoms with Gasteiger partial charge < -0.3 is 5.32 Å². The lowest BCUT2D eigenvalue weighted by Gasteiger charge is -2.06. The Labute approximate surface area is 145 Å². The molecule has 0 saturated carbocycles. The van der Waals surface area contributed by atoms with Gasteiger partial charge in [-0.1, -0.05) is 12.1 Å². The number of nitrogens with one attached hydrogen (secondary N) is 2. The summed E-state index contributed by atoms with van der Waals surface area (Å²) in [6.45, 7) is 0. The standard InChI is InChI=1S/C16H12BrN5O2/c17-11-3-4-13-20-21-16(22(13)8-11)19-14(23)6-9-1-2-10-7-15(24)18-12(10)5-9/h1-5,8H,6-7H2,(H,18,24)(H,19,21,23). The van der Waals surface area contributed by atoms with Crippen molar-refractivity contribution >= 4 is 45.0 Å². The third-order valence-corrected chi connectivity index (χ3v) is 4.25. The van der Waals surface area contributed by atoms with Gasteiger partial charge in [-0.15, -0.1) is 10.2 Å². The number of anilines is 2. The highest BCUT2D eigenvalue weighted by Gasteiger charge is 2.18. The topological polar surface area (TPSA) is 88.4 Å². The maximum atomic E-state index is 12.3. The number of hydrogen-bond acceptors (Lipinski definition) is 4. The zero-order valence-electron chi connectivity index (χ0n) is 12.4. The molecule has 2 aromatic heterocycles. The third-order valence-electron chi connectivity index (χ3n) is 3.78. The number of nitrogens with zero attached hydrogens (tertiary/aromatic N) is 3. The Balaban J connectivity index is 1.51. The molecule has 0 spiro atoms. The van der Waals surface area contributed by atoms with Crippen LogP contribution in [0.1, 0.15) is 11.1 Å². The van der Waals surface area contributed by atoms with Crippen LogP contribution in [0, 0.1) is 0 Å². The molecule has 3 aromatic rings. The van der Waals surface area contributed by atoms with Gasteiger partial charge in [0.2, 0.25) is 17.8 Å². The van der Waals surface area contributed by atoms with Crippen molar-refractivity contribution in [3.63, 3.8) is 0 Å². The lowest BCUT2D eigenvalue weighted by Crippen LogP contribution is -2.16. The molecular formula is C16H12BrN5O2. The van der Waals surface area contributed by atoms with Crippen LogP contribution in [-0.4, -0.2) is 26.4 Å². The van der Waals surface area contributed by atoms with E-state index in [4.69, 9.17) is 0 Å². The monoisotopic (exact) mass is 385 g/mol. The van der Waals surface area contributed by atoms with Crippen LogP contribution >= 0.6 is 15.9 Å². The first-order valence-corrected chi connectivity index (χ1v) is 8.09. The van der Waals surface area contributed by atoms with Crippen molar-refractivity contribution in [1.82, 2.24) is 14.6 Å². The van der Waals surface area contributed by atoms with Gasteiger partial charge in [0.1, 0.15) is 0 Å². The summed E-state index contributed by atoms with van der Waals surface area (Å²) in [5, 5.41) is 13.5. The molecule has 4 rings (SSSR count). The molecule has 2 amide bonds. The first-order valence-electron chi connectivity index (χ1n) is 7.30. The highest BCUT2D eigenvalue weighted by Crippen LogP contribution is 2.24. The quantitative estimate of drug-likeness (QED) is 0.722. The highest BCUT2D eigenvalue weighted by atomic mass is 79.9. The molecule has 1 aliphatic heterocycles. The van der Waals surface area contributed by atoms with E-state index in [1.54, 1.807) is 16.7 Å². The Bertz CT molecular complexity index is 982. The molecule has 7 nitrogen and oxygen atoms in total. The molecule has 120 valence electrons. The van der Waals surface area contributed by atoms with E-state index in [1.165, 1.54) is 0 Å². The van der Waals surface area contributed by atoms with E-state index in [0.29, 0.717) is 18.0 Å². The van der Waals surface area contributed by atoms with Gasteiger partial charge in [0, 0.05) is 16.4 Å². The van der Waals surface area contributed by atoms with Crippen LogP contribution in [0.4, 0.5) is 11.6 Å². The highest BCUT2D eigenvalue weighted by molar-refractivity contribution is 9.10. The van der Waals surface area contributed by atoms with Crippen LogP contribution in [-0.2, 0) is 22.4 Å². The number of hydrogen-bond donors (Lipinski definition) is 2. The first kappa shape index (κ1) is 14.8. The van der Waals surface area contributed by atoms with Gasteiger partial charge in [-0.05, 0) is 45.3 Å². The van der Waals surface area contributed by atoms with Gasteiger partial charge in [-0.25, -0.2) is 0 Å². The second-order valence-corrected chi connectivity index (χ2v) is 6.46. The maximum absolute atomic E-state index is 12.3. The molecule has 8 heteroatoms. The fourth-order valence-corrected chi connectivity index (χ4v) is 3.01. The Kier molecular flexibility index (Phi) is 3.53. The van der Waals surface area contributed by atoms with E-state index in [2.05, 4.69) is 36.8 Å². The number of halogens is 1. The molecule has 2 N–H and O–H groups in total.